The van der Waals surface area contributed by atoms with Crippen molar-refractivity contribution in [1.29, 1.82) is 0 Å². The predicted octanol–water partition coefficient (Wildman–Crippen LogP) is 1.81. The normalized spacial score (nSPS) is 10.5. The van der Waals surface area contributed by atoms with Gasteiger partial charge in [0, 0.05) is 6.54 Å². The van der Waals surface area contributed by atoms with Crippen molar-refractivity contribution in [3.63, 3.8) is 0 Å². The van der Waals surface area contributed by atoms with Crippen LogP contribution in [0.1, 0.15) is 23.9 Å². The maximum absolute atomic E-state index is 5.69. The quantitative estimate of drug-likeness (QED) is 0.855. The maximum atomic E-state index is 5.69. The molecule has 6 nitrogen and oxygen atoms in total. The van der Waals surface area contributed by atoms with Gasteiger partial charge in [-0.05, 0) is 31.5 Å². The minimum Gasteiger partial charge on any atom is -0.490 e. The van der Waals surface area contributed by atoms with Crippen LogP contribution in [0.5, 0.6) is 11.5 Å². The lowest BCUT2D eigenvalue weighted by Gasteiger charge is -2.12. The molecule has 0 amide bonds. The zero-order valence-electron chi connectivity index (χ0n) is 11.0. The van der Waals surface area contributed by atoms with Gasteiger partial charge < -0.3 is 15.2 Å². The molecule has 0 saturated heterocycles. The topological polar surface area (TPSA) is 83.4 Å². The second-order valence-electron chi connectivity index (χ2n) is 4.00. The molecule has 19 heavy (non-hydrogen) atoms. The lowest BCUT2D eigenvalue weighted by atomic mass is 10.2. The molecule has 1 aromatic carbocycles. The minimum atomic E-state index is 0.289. The molecule has 1 heterocycles. The molecule has 2 N–H and O–H groups in total. The van der Waals surface area contributed by atoms with E-state index in [0.717, 1.165) is 11.3 Å². The molecule has 0 fully saturated rings. The second kappa shape index (κ2) is 6.19. The Morgan fingerprint density at radius 1 is 1.21 bits per heavy atom. The third-order valence-electron chi connectivity index (χ3n) is 2.65. The van der Waals surface area contributed by atoms with Gasteiger partial charge in [0.25, 0.3) is 0 Å². The molecule has 0 radical (unpaired) electrons. The number of ether oxygens (including phenoxy) is 2. The summed E-state index contributed by atoms with van der Waals surface area (Å²) in [5.41, 5.74) is 7.99. The average molecular weight is 263 g/mol. The van der Waals surface area contributed by atoms with Gasteiger partial charge in [-0.2, -0.15) is 0 Å². The number of aryl methyl sites for hydroxylation is 1. The molecule has 0 spiro atoms. The van der Waals surface area contributed by atoms with Crippen LogP contribution in [0, 0.1) is 6.92 Å². The Morgan fingerprint density at radius 2 is 2.05 bits per heavy atom. The highest BCUT2D eigenvalue weighted by molar-refractivity contribution is 5.43. The van der Waals surface area contributed by atoms with Gasteiger partial charge in [-0.15, -0.1) is 0 Å². The zero-order chi connectivity index (χ0) is 13.7. The molecular formula is C13H17N3O3. The predicted molar refractivity (Wildman–Crippen MR) is 68.9 cm³/mol. The number of rotatable bonds is 6. The first-order chi connectivity index (χ1) is 9.24. The van der Waals surface area contributed by atoms with Gasteiger partial charge in [-0.25, -0.2) is 4.63 Å². The maximum Gasteiger partial charge on any atom is 0.161 e. The number of hydrogen-bond acceptors (Lipinski definition) is 6. The van der Waals surface area contributed by atoms with E-state index in [1.165, 1.54) is 0 Å². The van der Waals surface area contributed by atoms with Crippen LogP contribution >= 0.6 is 0 Å². The van der Waals surface area contributed by atoms with Crippen molar-refractivity contribution < 1.29 is 14.1 Å². The summed E-state index contributed by atoms with van der Waals surface area (Å²) in [5, 5.41) is 7.47. The minimum absolute atomic E-state index is 0.289. The summed E-state index contributed by atoms with van der Waals surface area (Å²) in [5.74, 6) is 1.33. The Morgan fingerprint density at radius 3 is 2.68 bits per heavy atom. The van der Waals surface area contributed by atoms with Crippen molar-refractivity contribution in [1.82, 2.24) is 10.3 Å². The van der Waals surface area contributed by atoms with Crippen LogP contribution in [0.15, 0.2) is 22.8 Å². The van der Waals surface area contributed by atoms with Crippen molar-refractivity contribution >= 4 is 0 Å². The number of hydrogen-bond donors (Lipinski definition) is 1. The molecule has 6 heteroatoms. The Kier molecular flexibility index (Phi) is 4.35. The SMILES string of the molecule is CCOc1cc(CN)ccc1OCc1nonc1C. The number of nitrogens with zero attached hydrogens (tertiary/aromatic N) is 2. The standard InChI is InChI=1S/C13H17N3O3/c1-3-17-13-6-10(7-14)4-5-12(13)18-8-11-9(2)15-19-16-11/h4-6H,3,7-8,14H2,1-2H3. The highest BCUT2D eigenvalue weighted by Crippen LogP contribution is 2.29. The Bertz CT molecular complexity index is 540. The first kappa shape index (κ1) is 13.4. The first-order valence-electron chi connectivity index (χ1n) is 6.11. The first-order valence-corrected chi connectivity index (χ1v) is 6.11. The molecule has 2 rings (SSSR count). The fourth-order valence-corrected chi connectivity index (χ4v) is 1.59. The van der Waals surface area contributed by atoms with Gasteiger partial charge in [0.15, 0.2) is 11.5 Å². The molecule has 0 aliphatic carbocycles. The van der Waals surface area contributed by atoms with E-state index in [2.05, 4.69) is 14.9 Å². The number of nitrogens with two attached hydrogens (primary N) is 1. The summed E-state index contributed by atoms with van der Waals surface area (Å²) in [6.45, 7) is 5.06. The van der Waals surface area contributed by atoms with Crippen molar-refractivity contribution in [3.8, 4) is 11.5 Å². The van der Waals surface area contributed by atoms with Gasteiger partial charge in [0.2, 0.25) is 0 Å². The van der Waals surface area contributed by atoms with Crippen molar-refractivity contribution in [2.24, 2.45) is 5.73 Å². The van der Waals surface area contributed by atoms with E-state index in [9.17, 15) is 0 Å². The fraction of sp³-hybridized carbons (Fsp3) is 0.385. The summed E-state index contributed by atoms with van der Waals surface area (Å²) in [6.07, 6.45) is 0. The smallest absolute Gasteiger partial charge is 0.161 e. The Hall–Kier alpha value is -2.08. The monoisotopic (exact) mass is 263 g/mol. The molecule has 0 saturated carbocycles. The molecule has 2 aromatic rings. The summed E-state index contributed by atoms with van der Waals surface area (Å²) in [4.78, 5) is 0. The van der Waals surface area contributed by atoms with Crippen molar-refractivity contribution in [3.05, 3.63) is 35.2 Å². The van der Waals surface area contributed by atoms with Gasteiger partial charge in [-0.3, -0.25) is 0 Å². The summed E-state index contributed by atoms with van der Waals surface area (Å²) in [7, 11) is 0. The Balaban J connectivity index is 2.12. The van der Waals surface area contributed by atoms with Crippen LogP contribution in [0.3, 0.4) is 0 Å². The largest absolute Gasteiger partial charge is 0.490 e. The van der Waals surface area contributed by atoms with Crippen LogP contribution in [-0.4, -0.2) is 16.9 Å². The molecule has 0 aliphatic heterocycles. The lowest BCUT2D eigenvalue weighted by molar-refractivity contribution is 0.253. The van der Waals surface area contributed by atoms with Crippen molar-refractivity contribution in [2.75, 3.05) is 6.61 Å². The molecule has 0 bridgehead atoms. The van der Waals surface area contributed by atoms with E-state index in [1.54, 1.807) is 0 Å². The van der Waals surface area contributed by atoms with E-state index in [1.807, 2.05) is 32.0 Å². The van der Waals surface area contributed by atoms with Crippen molar-refractivity contribution in [2.45, 2.75) is 27.0 Å². The lowest BCUT2D eigenvalue weighted by Crippen LogP contribution is -2.03. The van der Waals surface area contributed by atoms with Crippen LogP contribution in [-0.2, 0) is 13.2 Å². The van der Waals surface area contributed by atoms with Crippen LogP contribution in [0.4, 0.5) is 0 Å². The highest BCUT2D eigenvalue weighted by atomic mass is 16.6. The van der Waals surface area contributed by atoms with E-state index in [0.29, 0.717) is 30.3 Å². The van der Waals surface area contributed by atoms with E-state index >= 15 is 0 Å². The summed E-state index contributed by atoms with van der Waals surface area (Å²) >= 11 is 0. The average Bonchev–Trinajstić information content (AvgIpc) is 2.83. The molecule has 0 aliphatic rings. The number of aromatic nitrogens is 2. The van der Waals surface area contributed by atoms with Crippen LogP contribution in [0.2, 0.25) is 0 Å². The zero-order valence-corrected chi connectivity index (χ0v) is 11.0. The number of benzene rings is 1. The van der Waals surface area contributed by atoms with Crippen LogP contribution < -0.4 is 15.2 Å². The Labute approximate surface area is 111 Å². The summed E-state index contributed by atoms with van der Waals surface area (Å²) < 4.78 is 15.8. The van der Waals surface area contributed by atoms with Crippen LogP contribution in [0.25, 0.3) is 0 Å². The third kappa shape index (κ3) is 3.23. The third-order valence-corrected chi connectivity index (χ3v) is 2.65. The molecule has 102 valence electrons. The molecule has 1 aromatic heterocycles. The van der Waals surface area contributed by atoms with E-state index in [4.69, 9.17) is 15.2 Å². The fourth-order valence-electron chi connectivity index (χ4n) is 1.59. The van der Waals surface area contributed by atoms with Gasteiger partial charge in [-0.1, -0.05) is 16.4 Å². The van der Waals surface area contributed by atoms with Gasteiger partial charge in [0.05, 0.1) is 6.61 Å². The highest BCUT2D eigenvalue weighted by Gasteiger charge is 2.10. The second-order valence-corrected chi connectivity index (χ2v) is 4.00. The molecule has 0 atom stereocenters. The van der Waals surface area contributed by atoms with E-state index in [-0.39, 0.29) is 6.61 Å². The van der Waals surface area contributed by atoms with Gasteiger partial charge in [0.1, 0.15) is 18.0 Å². The molecule has 0 unspecified atom stereocenters. The van der Waals surface area contributed by atoms with Gasteiger partial charge >= 0.3 is 0 Å². The molecular weight excluding hydrogens is 246 g/mol. The van der Waals surface area contributed by atoms with E-state index < -0.39 is 0 Å². The summed E-state index contributed by atoms with van der Waals surface area (Å²) in [6, 6.07) is 5.63.